The molecule has 6 heteroatoms. The van der Waals surface area contributed by atoms with Crippen LogP contribution in [0.15, 0.2) is 22.7 Å². The molecule has 0 fully saturated rings. The maximum atomic E-state index is 12.4. The monoisotopic (exact) mass is 213 g/mol. The lowest BCUT2D eigenvalue weighted by molar-refractivity contribution is 0.0697. The van der Waals surface area contributed by atoms with Gasteiger partial charge in [0, 0.05) is 0 Å². The summed E-state index contributed by atoms with van der Waals surface area (Å²) in [5, 5.41) is 12.0. The minimum absolute atomic E-state index is 0.0283. The predicted molar refractivity (Wildman–Crippen MR) is 45.9 cm³/mol. The summed E-state index contributed by atoms with van der Waals surface area (Å²) in [6.45, 7) is 0. The number of benzene rings is 1. The highest BCUT2D eigenvalue weighted by atomic mass is 19.3. The summed E-state index contributed by atoms with van der Waals surface area (Å²) < 4.78 is 29.3. The second-order valence-corrected chi connectivity index (χ2v) is 2.88. The van der Waals surface area contributed by atoms with Crippen molar-refractivity contribution in [3.8, 4) is 0 Å². The summed E-state index contributed by atoms with van der Waals surface area (Å²) in [7, 11) is 0. The van der Waals surface area contributed by atoms with Crippen molar-refractivity contribution in [3.63, 3.8) is 0 Å². The first-order valence-corrected chi connectivity index (χ1v) is 4.00. The number of rotatable bonds is 2. The van der Waals surface area contributed by atoms with Crippen molar-refractivity contribution in [2.45, 2.75) is 6.43 Å². The van der Waals surface area contributed by atoms with Gasteiger partial charge in [-0.15, -0.1) is 0 Å². The Morgan fingerprint density at radius 2 is 2.20 bits per heavy atom. The molecule has 0 aliphatic heterocycles. The molecule has 4 nitrogen and oxygen atoms in total. The fraction of sp³-hybridized carbons (Fsp3) is 0.111. The number of alkyl halides is 2. The molecule has 0 unspecified atom stereocenters. The van der Waals surface area contributed by atoms with Crippen molar-refractivity contribution in [3.05, 3.63) is 29.5 Å². The van der Waals surface area contributed by atoms with E-state index in [0.717, 1.165) is 6.07 Å². The molecule has 1 aromatic carbocycles. The van der Waals surface area contributed by atoms with E-state index in [4.69, 9.17) is 5.11 Å². The van der Waals surface area contributed by atoms with Gasteiger partial charge in [-0.3, -0.25) is 0 Å². The van der Waals surface area contributed by atoms with E-state index in [0.29, 0.717) is 0 Å². The van der Waals surface area contributed by atoms with Gasteiger partial charge in [0.2, 0.25) is 0 Å². The average Bonchev–Trinajstić information content (AvgIpc) is 2.59. The highest BCUT2D eigenvalue weighted by Crippen LogP contribution is 2.27. The normalized spacial score (nSPS) is 11.1. The van der Waals surface area contributed by atoms with Crippen LogP contribution in [-0.4, -0.2) is 16.2 Å². The lowest BCUT2D eigenvalue weighted by Gasteiger charge is -1.94. The maximum absolute atomic E-state index is 12.4. The molecule has 0 aliphatic rings. The minimum atomic E-state index is -2.73. The Kier molecular flexibility index (Phi) is 2.11. The van der Waals surface area contributed by atoms with Gasteiger partial charge in [0.1, 0.15) is 0 Å². The van der Waals surface area contributed by atoms with Gasteiger partial charge < -0.3 is 9.63 Å². The van der Waals surface area contributed by atoms with Crippen LogP contribution in [0.5, 0.6) is 0 Å². The smallest absolute Gasteiger partial charge is 0.335 e. The number of halogens is 2. The Hall–Kier alpha value is -1.98. The first-order chi connectivity index (χ1) is 7.09. The molecule has 15 heavy (non-hydrogen) atoms. The minimum Gasteiger partial charge on any atom is -0.478 e. The summed E-state index contributed by atoms with van der Waals surface area (Å²) >= 11 is 0. The second kappa shape index (κ2) is 3.30. The molecule has 0 spiro atoms. The standard InChI is InChI=1S/C9H5F2NO3/c10-8(11)7-5-2-1-4(9(13)14)3-6(5)15-12-7/h1-3,8H,(H,13,14). The highest BCUT2D eigenvalue weighted by molar-refractivity contribution is 5.93. The van der Waals surface area contributed by atoms with Gasteiger partial charge in [-0.1, -0.05) is 5.16 Å². The molecule has 0 bridgehead atoms. The fourth-order valence-electron chi connectivity index (χ4n) is 1.25. The number of carboxylic acid groups (broad SMARTS) is 1. The van der Waals surface area contributed by atoms with Crippen LogP contribution in [0.3, 0.4) is 0 Å². The van der Waals surface area contributed by atoms with Crippen LogP contribution >= 0.6 is 0 Å². The zero-order valence-electron chi connectivity index (χ0n) is 7.28. The average molecular weight is 213 g/mol. The number of aromatic carboxylic acids is 1. The molecule has 78 valence electrons. The molecule has 1 N–H and O–H groups in total. The third-order valence-corrected chi connectivity index (χ3v) is 1.95. The van der Waals surface area contributed by atoms with E-state index in [-0.39, 0.29) is 16.5 Å². The number of carbonyl (C=O) groups is 1. The fourth-order valence-corrected chi connectivity index (χ4v) is 1.25. The van der Waals surface area contributed by atoms with Crippen LogP contribution in [0.2, 0.25) is 0 Å². The van der Waals surface area contributed by atoms with E-state index in [9.17, 15) is 13.6 Å². The van der Waals surface area contributed by atoms with E-state index in [1.807, 2.05) is 0 Å². The third-order valence-electron chi connectivity index (χ3n) is 1.95. The van der Waals surface area contributed by atoms with Gasteiger partial charge in [0.05, 0.1) is 10.9 Å². The molecule has 0 saturated carbocycles. The predicted octanol–water partition coefficient (Wildman–Crippen LogP) is 2.46. The van der Waals surface area contributed by atoms with E-state index in [1.54, 1.807) is 0 Å². The first-order valence-electron chi connectivity index (χ1n) is 4.00. The largest absolute Gasteiger partial charge is 0.478 e. The van der Waals surface area contributed by atoms with Crippen LogP contribution in [0.4, 0.5) is 8.78 Å². The number of fused-ring (bicyclic) bond motifs is 1. The molecule has 2 rings (SSSR count). The second-order valence-electron chi connectivity index (χ2n) is 2.88. The van der Waals surface area contributed by atoms with Crippen molar-refractivity contribution in [2.75, 3.05) is 0 Å². The Labute approximate surface area is 82.1 Å². The SMILES string of the molecule is O=C(O)c1ccc2c(C(F)F)noc2c1. The van der Waals surface area contributed by atoms with Crippen molar-refractivity contribution < 1.29 is 23.2 Å². The van der Waals surface area contributed by atoms with Gasteiger partial charge in [0.15, 0.2) is 11.3 Å². The molecule has 0 radical (unpaired) electrons. The number of aromatic nitrogens is 1. The van der Waals surface area contributed by atoms with Gasteiger partial charge in [0.25, 0.3) is 6.43 Å². The van der Waals surface area contributed by atoms with Crippen molar-refractivity contribution in [2.24, 2.45) is 0 Å². The number of hydrogen-bond donors (Lipinski definition) is 1. The lowest BCUT2D eigenvalue weighted by Crippen LogP contribution is -1.94. The number of nitrogens with zero attached hydrogens (tertiary/aromatic N) is 1. The van der Waals surface area contributed by atoms with Crippen LogP contribution in [-0.2, 0) is 0 Å². The van der Waals surface area contributed by atoms with E-state index < -0.39 is 18.1 Å². The van der Waals surface area contributed by atoms with Crippen LogP contribution in [0.1, 0.15) is 22.5 Å². The maximum Gasteiger partial charge on any atom is 0.335 e. The van der Waals surface area contributed by atoms with Crippen LogP contribution in [0, 0.1) is 0 Å². The summed E-state index contributed by atoms with van der Waals surface area (Å²) in [6, 6.07) is 3.65. The van der Waals surface area contributed by atoms with Crippen LogP contribution < -0.4 is 0 Å². The molecule has 1 aromatic heterocycles. The van der Waals surface area contributed by atoms with Gasteiger partial charge in [-0.2, -0.15) is 0 Å². The van der Waals surface area contributed by atoms with Gasteiger partial charge in [-0.25, -0.2) is 13.6 Å². The quantitative estimate of drug-likeness (QED) is 0.832. The summed E-state index contributed by atoms with van der Waals surface area (Å²) in [4.78, 5) is 10.6. The first kappa shape index (κ1) is 9.57. The Morgan fingerprint density at radius 1 is 1.47 bits per heavy atom. The van der Waals surface area contributed by atoms with Gasteiger partial charge in [-0.05, 0) is 18.2 Å². The molecular weight excluding hydrogens is 208 g/mol. The highest BCUT2D eigenvalue weighted by Gasteiger charge is 2.18. The molecule has 0 saturated heterocycles. The van der Waals surface area contributed by atoms with E-state index in [2.05, 4.69) is 9.68 Å². The molecule has 0 aliphatic carbocycles. The molecule has 1 heterocycles. The molecule has 0 amide bonds. The summed E-state index contributed by atoms with van der Waals surface area (Å²) in [5.41, 5.74) is -0.452. The lowest BCUT2D eigenvalue weighted by atomic mass is 10.1. The summed E-state index contributed by atoms with van der Waals surface area (Å²) in [6.07, 6.45) is -2.73. The molecule has 0 atom stereocenters. The topological polar surface area (TPSA) is 63.3 Å². The Morgan fingerprint density at radius 3 is 2.80 bits per heavy atom. The van der Waals surface area contributed by atoms with Crippen LogP contribution in [0.25, 0.3) is 11.0 Å². The van der Waals surface area contributed by atoms with E-state index >= 15 is 0 Å². The zero-order valence-corrected chi connectivity index (χ0v) is 7.28. The van der Waals surface area contributed by atoms with Crippen molar-refractivity contribution >= 4 is 16.9 Å². The Balaban J connectivity index is 2.61. The molecule has 2 aromatic rings. The Bertz CT molecular complexity index is 521. The number of hydrogen-bond acceptors (Lipinski definition) is 3. The zero-order chi connectivity index (χ0) is 11.0. The number of carboxylic acids is 1. The third kappa shape index (κ3) is 1.54. The summed E-state index contributed by atoms with van der Waals surface area (Å²) in [5.74, 6) is -1.15. The van der Waals surface area contributed by atoms with E-state index in [1.165, 1.54) is 12.1 Å². The van der Waals surface area contributed by atoms with Gasteiger partial charge >= 0.3 is 5.97 Å². The van der Waals surface area contributed by atoms with Crippen molar-refractivity contribution in [1.82, 2.24) is 5.16 Å². The molecular formula is C9H5F2NO3. The van der Waals surface area contributed by atoms with Crippen molar-refractivity contribution in [1.29, 1.82) is 0 Å².